The fourth-order valence-corrected chi connectivity index (χ4v) is 2.83. The van der Waals surface area contributed by atoms with Crippen LogP contribution in [0.2, 0.25) is 0 Å². The van der Waals surface area contributed by atoms with Gasteiger partial charge in [-0.25, -0.2) is 4.79 Å². The van der Waals surface area contributed by atoms with Crippen molar-refractivity contribution >= 4 is 6.09 Å². The number of ether oxygens (including phenoxy) is 1. The van der Waals surface area contributed by atoms with E-state index in [9.17, 15) is 9.90 Å². The van der Waals surface area contributed by atoms with E-state index >= 15 is 0 Å². The SMILES string of the molecule is CCCC[C@@H]1[C@H](O)CCCN1C(=O)OCc1ccccc1. The van der Waals surface area contributed by atoms with Crippen LogP contribution in [0.25, 0.3) is 0 Å². The van der Waals surface area contributed by atoms with E-state index in [-0.39, 0.29) is 18.7 Å². The van der Waals surface area contributed by atoms with Crippen molar-refractivity contribution in [2.75, 3.05) is 6.54 Å². The van der Waals surface area contributed by atoms with E-state index in [1.165, 1.54) is 0 Å². The van der Waals surface area contributed by atoms with Gasteiger partial charge >= 0.3 is 6.09 Å². The number of hydrogen-bond acceptors (Lipinski definition) is 3. The Morgan fingerprint density at radius 3 is 2.86 bits per heavy atom. The number of carbonyl (C=O) groups excluding carboxylic acids is 1. The normalized spacial score (nSPS) is 22.1. The Morgan fingerprint density at radius 1 is 1.38 bits per heavy atom. The maximum atomic E-state index is 12.3. The van der Waals surface area contributed by atoms with Crippen LogP contribution in [0.3, 0.4) is 0 Å². The highest BCUT2D eigenvalue weighted by molar-refractivity contribution is 5.68. The first-order chi connectivity index (χ1) is 10.2. The molecule has 1 heterocycles. The van der Waals surface area contributed by atoms with Crippen molar-refractivity contribution in [1.29, 1.82) is 0 Å². The summed E-state index contributed by atoms with van der Waals surface area (Å²) in [5.41, 5.74) is 0.980. The number of piperidine rings is 1. The molecule has 1 aromatic rings. The highest BCUT2D eigenvalue weighted by Gasteiger charge is 2.33. The third kappa shape index (κ3) is 4.46. The number of nitrogens with zero attached hydrogens (tertiary/aromatic N) is 1. The van der Waals surface area contributed by atoms with E-state index in [1.54, 1.807) is 4.90 Å². The van der Waals surface area contributed by atoms with Gasteiger partial charge in [0.15, 0.2) is 0 Å². The average Bonchev–Trinajstić information content (AvgIpc) is 2.52. The Kier molecular flexibility index (Phi) is 6.05. The molecule has 1 N–H and O–H groups in total. The molecule has 0 bridgehead atoms. The maximum absolute atomic E-state index is 12.3. The largest absolute Gasteiger partial charge is 0.445 e. The van der Waals surface area contributed by atoms with Gasteiger partial charge in [0.2, 0.25) is 0 Å². The van der Waals surface area contributed by atoms with Crippen LogP contribution >= 0.6 is 0 Å². The number of unbranched alkanes of at least 4 members (excludes halogenated alkanes) is 1. The van der Waals surface area contributed by atoms with Gasteiger partial charge in [-0.3, -0.25) is 0 Å². The molecular formula is C17H25NO3. The Balaban J connectivity index is 1.92. The molecule has 0 aromatic heterocycles. The Bertz CT molecular complexity index is 435. The lowest BCUT2D eigenvalue weighted by molar-refractivity contribution is -0.000361. The first kappa shape index (κ1) is 15.8. The molecule has 0 aliphatic carbocycles. The zero-order chi connectivity index (χ0) is 15.1. The predicted molar refractivity (Wildman–Crippen MR) is 81.9 cm³/mol. The van der Waals surface area contributed by atoms with Gasteiger partial charge in [-0.1, -0.05) is 50.1 Å². The molecule has 1 saturated heterocycles. The second kappa shape index (κ2) is 8.03. The van der Waals surface area contributed by atoms with Crippen molar-refractivity contribution in [2.45, 2.75) is 57.8 Å². The third-order valence-electron chi connectivity index (χ3n) is 4.04. The van der Waals surface area contributed by atoms with Crippen LogP contribution in [0.4, 0.5) is 4.79 Å². The van der Waals surface area contributed by atoms with Crippen molar-refractivity contribution < 1.29 is 14.6 Å². The molecule has 116 valence electrons. The number of likely N-dealkylation sites (tertiary alicyclic amines) is 1. The summed E-state index contributed by atoms with van der Waals surface area (Å²) in [6.45, 7) is 3.08. The minimum Gasteiger partial charge on any atom is -0.445 e. The first-order valence-corrected chi connectivity index (χ1v) is 7.87. The van der Waals surface area contributed by atoms with E-state index in [2.05, 4.69) is 6.92 Å². The van der Waals surface area contributed by atoms with Gasteiger partial charge in [0.05, 0.1) is 12.1 Å². The number of benzene rings is 1. The summed E-state index contributed by atoms with van der Waals surface area (Å²) in [4.78, 5) is 14.0. The minimum atomic E-state index is -0.422. The fraction of sp³-hybridized carbons (Fsp3) is 0.588. The molecule has 4 nitrogen and oxygen atoms in total. The molecule has 0 radical (unpaired) electrons. The Morgan fingerprint density at radius 2 is 2.14 bits per heavy atom. The second-order valence-corrected chi connectivity index (χ2v) is 5.65. The van der Waals surface area contributed by atoms with Gasteiger partial charge in [0, 0.05) is 6.54 Å². The zero-order valence-corrected chi connectivity index (χ0v) is 12.7. The number of amides is 1. The number of aliphatic hydroxyl groups is 1. The van der Waals surface area contributed by atoms with Crippen molar-refractivity contribution in [3.63, 3.8) is 0 Å². The van der Waals surface area contributed by atoms with E-state index in [0.29, 0.717) is 6.54 Å². The standard InChI is InChI=1S/C17H25NO3/c1-2-3-10-15-16(19)11-7-12-18(15)17(20)21-13-14-8-5-4-6-9-14/h4-6,8-9,15-16,19H,2-3,7,10-13H2,1H3/t15-,16-/m1/s1. The molecule has 1 aromatic carbocycles. The number of carbonyl (C=O) groups is 1. The minimum absolute atomic E-state index is 0.0954. The molecule has 0 spiro atoms. The lowest BCUT2D eigenvalue weighted by Crippen LogP contribution is -2.51. The van der Waals surface area contributed by atoms with Gasteiger partial charge in [-0.05, 0) is 24.8 Å². The molecule has 1 aliphatic rings. The van der Waals surface area contributed by atoms with Gasteiger partial charge in [-0.2, -0.15) is 0 Å². The van der Waals surface area contributed by atoms with Crippen molar-refractivity contribution in [1.82, 2.24) is 4.90 Å². The van der Waals surface area contributed by atoms with E-state index in [1.807, 2.05) is 30.3 Å². The lowest BCUT2D eigenvalue weighted by Gasteiger charge is -2.38. The molecule has 0 saturated carbocycles. The molecule has 2 rings (SSSR count). The smallest absolute Gasteiger partial charge is 0.410 e. The molecular weight excluding hydrogens is 266 g/mol. The van der Waals surface area contributed by atoms with Crippen LogP contribution in [-0.2, 0) is 11.3 Å². The van der Waals surface area contributed by atoms with Crippen LogP contribution in [-0.4, -0.2) is 34.8 Å². The van der Waals surface area contributed by atoms with Crippen molar-refractivity contribution in [2.24, 2.45) is 0 Å². The van der Waals surface area contributed by atoms with Crippen LogP contribution in [0, 0.1) is 0 Å². The Hall–Kier alpha value is -1.55. The van der Waals surface area contributed by atoms with Gasteiger partial charge in [0.25, 0.3) is 0 Å². The summed E-state index contributed by atoms with van der Waals surface area (Å²) in [6, 6.07) is 9.57. The highest BCUT2D eigenvalue weighted by Crippen LogP contribution is 2.23. The van der Waals surface area contributed by atoms with E-state index in [0.717, 1.165) is 37.7 Å². The molecule has 1 amide bonds. The van der Waals surface area contributed by atoms with Gasteiger partial charge < -0.3 is 14.7 Å². The molecule has 1 aliphatic heterocycles. The summed E-state index contributed by atoms with van der Waals surface area (Å²) >= 11 is 0. The number of aliphatic hydroxyl groups excluding tert-OH is 1. The summed E-state index contributed by atoms with van der Waals surface area (Å²) in [6.07, 6.45) is 3.81. The lowest BCUT2D eigenvalue weighted by atomic mass is 9.95. The predicted octanol–water partition coefficient (Wildman–Crippen LogP) is 3.34. The summed E-state index contributed by atoms with van der Waals surface area (Å²) in [5.74, 6) is 0. The summed E-state index contributed by atoms with van der Waals surface area (Å²) < 4.78 is 5.40. The van der Waals surface area contributed by atoms with Crippen LogP contribution in [0.15, 0.2) is 30.3 Å². The Labute approximate surface area is 126 Å². The quantitative estimate of drug-likeness (QED) is 0.905. The van der Waals surface area contributed by atoms with Crippen LogP contribution < -0.4 is 0 Å². The second-order valence-electron chi connectivity index (χ2n) is 5.65. The fourth-order valence-electron chi connectivity index (χ4n) is 2.83. The van der Waals surface area contributed by atoms with Gasteiger partial charge in [-0.15, -0.1) is 0 Å². The summed E-state index contributed by atoms with van der Waals surface area (Å²) in [7, 11) is 0. The van der Waals surface area contributed by atoms with Crippen LogP contribution in [0.1, 0.15) is 44.6 Å². The third-order valence-corrected chi connectivity index (χ3v) is 4.04. The molecule has 1 fully saturated rings. The molecule has 0 unspecified atom stereocenters. The molecule has 4 heteroatoms. The highest BCUT2D eigenvalue weighted by atomic mass is 16.6. The average molecular weight is 291 g/mol. The first-order valence-electron chi connectivity index (χ1n) is 7.87. The monoisotopic (exact) mass is 291 g/mol. The number of hydrogen-bond donors (Lipinski definition) is 1. The van der Waals surface area contributed by atoms with E-state index in [4.69, 9.17) is 4.74 Å². The topological polar surface area (TPSA) is 49.8 Å². The molecule has 21 heavy (non-hydrogen) atoms. The maximum Gasteiger partial charge on any atom is 0.410 e. The zero-order valence-electron chi connectivity index (χ0n) is 12.7. The van der Waals surface area contributed by atoms with Gasteiger partial charge in [0.1, 0.15) is 6.61 Å². The van der Waals surface area contributed by atoms with Crippen molar-refractivity contribution in [3.05, 3.63) is 35.9 Å². The van der Waals surface area contributed by atoms with Crippen LogP contribution in [0.5, 0.6) is 0 Å². The summed E-state index contributed by atoms with van der Waals surface area (Å²) in [5, 5.41) is 10.2. The molecule has 2 atom stereocenters. The number of rotatable bonds is 5. The van der Waals surface area contributed by atoms with E-state index < -0.39 is 6.10 Å². The van der Waals surface area contributed by atoms with Crippen molar-refractivity contribution in [3.8, 4) is 0 Å².